The standard InChI is InChI=1S/C19H17N5O5/c1-27-14-5-3-13(4-6-14)23-19-17(24(25)26)18(21-10-22-19)20-9-12-2-7-15-16(8-12)29-11-28-15/h2-8,10H,9,11H2,1H3,(H2,20,21,22,23). The number of aromatic nitrogens is 2. The molecule has 0 fully saturated rings. The lowest BCUT2D eigenvalue weighted by Crippen LogP contribution is -2.08. The summed E-state index contributed by atoms with van der Waals surface area (Å²) >= 11 is 0. The first-order valence-electron chi connectivity index (χ1n) is 8.67. The number of nitrogens with one attached hydrogen (secondary N) is 2. The van der Waals surface area contributed by atoms with Crippen molar-refractivity contribution in [1.82, 2.24) is 9.97 Å². The second-order valence-electron chi connectivity index (χ2n) is 6.07. The molecule has 29 heavy (non-hydrogen) atoms. The van der Waals surface area contributed by atoms with Crippen LogP contribution in [-0.2, 0) is 6.54 Å². The van der Waals surface area contributed by atoms with E-state index in [0.29, 0.717) is 29.5 Å². The number of nitro groups is 1. The molecule has 0 aliphatic carbocycles. The average Bonchev–Trinajstić information content (AvgIpc) is 3.20. The van der Waals surface area contributed by atoms with Crippen molar-refractivity contribution in [3.8, 4) is 17.2 Å². The number of hydrogen-bond acceptors (Lipinski definition) is 9. The third-order valence-electron chi connectivity index (χ3n) is 4.25. The summed E-state index contributed by atoms with van der Waals surface area (Å²) in [5, 5.41) is 17.6. The highest BCUT2D eigenvalue weighted by atomic mass is 16.7. The fourth-order valence-electron chi connectivity index (χ4n) is 2.82. The summed E-state index contributed by atoms with van der Waals surface area (Å²) in [6.07, 6.45) is 1.26. The molecule has 148 valence electrons. The zero-order valence-electron chi connectivity index (χ0n) is 15.4. The molecule has 2 heterocycles. The lowest BCUT2D eigenvalue weighted by Gasteiger charge is -2.11. The average molecular weight is 395 g/mol. The maximum Gasteiger partial charge on any atom is 0.353 e. The summed E-state index contributed by atoms with van der Waals surface area (Å²) in [6.45, 7) is 0.500. The van der Waals surface area contributed by atoms with Gasteiger partial charge < -0.3 is 24.8 Å². The fourth-order valence-corrected chi connectivity index (χ4v) is 2.82. The van der Waals surface area contributed by atoms with Crippen molar-refractivity contribution in [2.45, 2.75) is 6.54 Å². The topological polar surface area (TPSA) is 121 Å². The van der Waals surface area contributed by atoms with Crippen molar-refractivity contribution in [2.75, 3.05) is 24.5 Å². The van der Waals surface area contributed by atoms with Crippen LogP contribution >= 0.6 is 0 Å². The zero-order valence-corrected chi connectivity index (χ0v) is 15.4. The summed E-state index contributed by atoms with van der Waals surface area (Å²) in [5.41, 5.74) is 1.25. The maximum atomic E-state index is 11.7. The molecule has 1 aliphatic heterocycles. The summed E-state index contributed by atoms with van der Waals surface area (Å²) in [4.78, 5) is 19.2. The largest absolute Gasteiger partial charge is 0.497 e. The van der Waals surface area contributed by atoms with E-state index in [-0.39, 0.29) is 24.1 Å². The summed E-state index contributed by atoms with van der Waals surface area (Å²) in [6, 6.07) is 12.4. The molecule has 10 heteroatoms. The van der Waals surface area contributed by atoms with Gasteiger partial charge >= 0.3 is 5.69 Å². The number of benzene rings is 2. The van der Waals surface area contributed by atoms with E-state index in [9.17, 15) is 10.1 Å². The number of rotatable bonds is 7. The highest BCUT2D eigenvalue weighted by Gasteiger charge is 2.23. The fraction of sp³-hybridized carbons (Fsp3) is 0.158. The molecular weight excluding hydrogens is 378 g/mol. The first kappa shape index (κ1) is 18.3. The van der Waals surface area contributed by atoms with Crippen LogP contribution in [0.15, 0.2) is 48.8 Å². The van der Waals surface area contributed by atoms with Gasteiger partial charge in [-0.15, -0.1) is 0 Å². The number of hydrogen-bond donors (Lipinski definition) is 2. The Kier molecular flexibility index (Phi) is 4.97. The SMILES string of the molecule is COc1ccc(Nc2ncnc(NCc3ccc4c(c3)OCO4)c2[N+](=O)[O-])cc1. The Bertz CT molecular complexity index is 1040. The van der Waals surface area contributed by atoms with E-state index >= 15 is 0 Å². The van der Waals surface area contributed by atoms with E-state index in [0.717, 1.165) is 5.56 Å². The predicted octanol–water partition coefficient (Wildman–Crippen LogP) is 3.48. The minimum absolute atomic E-state index is 0.0864. The summed E-state index contributed by atoms with van der Waals surface area (Å²) < 4.78 is 15.8. The number of methoxy groups -OCH3 is 1. The molecule has 4 rings (SSSR count). The van der Waals surface area contributed by atoms with E-state index in [4.69, 9.17) is 14.2 Å². The van der Waals surface area contributed by atoms with Crippen molar-refractivity contribution >= 4 is 23.0 Å². The number of anilines is 3. The van der Waals surface area contributed by atoms with Crippen LogP contribution in [0.2, 0.25) is 0 Å². The Morgan fingerprint density at radius 2 is 1.86 bits per heavy atom. The van der Waals surface area contributed by atoms with Crippen LogP contribution in [0.5, 0.6) is 17.2 Å². The molecule has 0 bridgehead atoms. The van der Waals surface area contributed by atoms with Gasteiger partial charge in [-0.25, -0.2) is 9.97 Å². The first-order valence-corrected chi connectivity index (χ1v) is 8.67. The highest BCUT2D eigenvalue weighted by molar-refractivity contribution is 5.73. The van der Waals surface area contributed by atoms with Crippen LogP contribution in [0.4, 0.5) is 23.0 Å². The van der Waals surface area contributed by atoms with Gasteiger partial charge in [-0.05, 0) is 42.0 Å². The molecule has 0 saturated heterocycles. The van der Waals surface area contributed by atoms with Crippen molar-refractivity contribution < 1.29 is 19.1 Å². The zero-order chi connectivity index (χ0) is 20.2. The minimum atomic E-state index is -0.520. The molecule has 2 aromatic carbocycles. The van der Waals surface area contributed by atoms with Gasteiger partial charge in [-0.1, -0.05) is 6.07 Å². The van der Waals surface area contributed by atoms with Crippen molar-refractivity contribution in [2.24, 2.45) is 0 Å². The quantitative estimate of drug-likeness (QED) is 0.457. The molecule has 0 saturated carbocycles. The molecule has 1 aliphatic rings. The minimum Gasteiger partial charge on any atom is -0.497 e. The number of nitrogens with zero attached hydrogens (tertiary/aromatic N) is 3. The van der Waals surface area contributed by atoms with E-state index in [1.807, 2.05) is 12.1 Å². The van der Waals surface area contributed by atoms with Crippen LogP contribution in [0.3, 0.4) is 0 Å². The third kappa shape index (κ3) is 3.95. The van der Waals surface area contributed by atoms with E-state index in [1.54, 1.807) is 37.4 Å². The van der Waals surface area contributed by atoms with Crippen LogP contribution in [0, 0.1) is 10.1 Å². The molecule has 1 aromatic heterocycles. The van der Waals surface area contributed by atoms with Gasteiger partial charge in [0.05, 0.1) is 12.0 Å². The molecule has 10 nitrogen and oxygen atoms in total. The molecule has 0 unspecified atom stereocenters. The molecule has 3 aromatic rings. The normalized spacial score (nSPS) is 11.8. The van der Waals surface area contributed by atoms with Gasteiger partial charge in [-0.2, -0.15) is 0 Å². The van der Waals surface area contributed by atoms with Crippen LogP contribution in [0.25, 0.3) is 0 Å². The van der Waals surface area contributed by atoms with Crippen molar-refractivity contribution in [1.29, 1.82) is 0 Å². The molecule has 0 amide bonds. The monoisotopic (exact) mass is 395 g/mol. The van der Waals surface area contributed by atoms with Crippen LogP contribution in [0.1, 0.15) is 5.56 Å². The van der Waals surface area contributed by atoms with Gasteiger partial charge in [-0.3, -0.25) is 10.1 Å². The van der Waals surface area contributed by atoms with Gasteiger partial charge in [0.25, 0.3) is 0 Å². The van der Waals surface area contributed by atoms with Crippen molar-refractivity contribution in [3.63, 3.8) is 0 Å². The second kappa shape index (κ2) is 7.89. The van der Waals surface area contributed by atoms with E-state index in [2.05, 4.69) is 20.6 Å². The Balaban J connectivity index is 1.55. The second-order valence-corrected chi connectivity index (χ2v) is 6.07. The lowest BCUT2D eigenvalue weighted by atomic mass is 10.2. The Hall–Kier alpha value is -4.08. The Morgan fingerprint density at radius 1 is 1.10 bits per heavy atom. The Morgan fingerprint density at radius 3 is 2.62 bits per heavy atom. The van der Waals surface area contributed by atoms with Crippen LogP contribution in [-0.4, -0.2) is 28.8 Å². The predicted molar refractivity (Wildman–Crippen MR) is 105 cm³/mol. The van der Waals surface area contributed by atoms with Crippen LogP contribution < -0.4 is 24.8 Å². The summed E-state index contributed by atoms with van der Waals surface area (Å²) in [7, 11) is 1.57. The number of fused-ring (bicyclic) bond motifs is 1. The molecule has 0 spiro atoms. The van der Waals surface area contributed by atoms with E-state index < -0.39 is 4.92 Å². The summed E-state index contributed by atoms with van der Waals surface area (Å²) in [5.74, 6) is 2.19. The molecule has 2 N–H and O–H groups in total. The van der Waals surface area contributed by atoms with Gasteiger partial charge in [0, 0.05) is 12.2 Å². The van der Waals surface area contributed by atoms with Gasteiger partial charge in [0.1, 0.15) is 12.1 Å². The highest BCUT2D eigenvalue weighted by Crippen LogP contribution is 2.34. The van der Waals surface area contributed by atoms with Gasteiger partial charge in [0.2, 0.25) is 18.4 Å². The lowest BCUT2D eigenvalue weighted by molar-refractivity contribution is -0.383. The number of ether oxygens (including phenoxy) is 3. The third-order valence-corrected chi connectivity index (χ3v) is 4.25. The molecule has 0 atom stereocenters. The maximum absolute atomic E-state index is 11.7. The van der Waals surface area contributed by atoms with Crippen molar-refractivity contribution in [3.05, 3.63) is 64.5 Å². The Labute approximate surface area is 165 Å². The van der Waals surface area contributed by atoms with E-state index in [1.165, 1.54) is 6.33 Å². The molecule has 0 radical (unpaired) electrons. The van der Waals surface area contributed by atoms with Gasteiger partial charge in [0.15, 0.2) is 11.5 Å². The first-order chi connectivity index (χ1) is 14.1. The smallest absolute Gasteiger partial charge is 0.353 e. The molecular formula is C19H17N5O5.